The maximum Gasteiger partial charge on any atom is 0.147 e. The fourth-order valence-electron chi connectivity index (χ4n) is 2.34. The second-order valence-electron chi connectivity index (χ2n) is 5.57. The zero-order chi connectivity index (χ0) is 15.5. The highest BCUT2D eigenvalue weighted by Crippen LogP contribution is 2.30. The van der Waals surface area contributed by atoms with Crippen molar-refractivity contribution in [1.82, 2.24) is 9.55 Å². The Morgan fingerprint density at radius 3 is 2.76 bits per heavy atom. The summed E-state index contributed by atoms with van der Waals surface area (Å²) in [6, 6.07) is 6.12. The number of aromatic nitrogens is 2. The molecule has 0 aliphatic rings. The monoisotopic (exact) mass is 326 g/mol. The van der Waals surface area contributed by atoms with Gasteiger partial charge in [0.15, 0.2) is 0 Å². The third-order valence-electron chi connectivity index (χ3n) is 3.53. The quantitative estimate of drug-likeness (QED) is 0.707. The van der Waals surface area contributed by atoms with Gasteiger partial charge in [-0.15, -0.1) is 11.6 Å². The van der Waals surface area contributed by atoms with Gasteiger partial charge in [-0.25, -0.2) is 4.98 Å². The van der Waals surface area contributed by atoms with E-state index in [-0.39, 0.29) is 4.75 Å². The van der Waals surface area contributed by atoms with Crippen LogP contribution in [-0.2, 0) is 13.0 Å². The molecule has 1 heterocycles. The van der Waals surface area contributed by atoms with Gasteiger partial charge in [-0.2, -0.15) is 11.8 Å². The zero-order valence-electron chi connectivity index (χ0n) is 13.1. The number of ether oxygens (including phenoxy) is 1. The van der Waals surface area contributed by atoms with E-state index < -0.39 is 0 Å². The number of halogens is 1. The van der Waals surface area contributed by atoms with Gasteiger partial charge >= 0.3 is 0 Å². The molecule has 0 saturated carbocycles. The molecule has 1 aromatic heterocycles. The molecule has 0 N–H and O–H groups in total. The van der Waals surface area contributed by atoms with Gasteiger partial charge < -0.3 is 9.30 Å². The smallest absolute Gasteiger partial charge is 0.147 e. The number of rotatable bonds is 7. The Morgan fingerprint density at radius 1 is 1.38 bits per heavy atom. The van der Waals surface area contributed by atoms with Gasteiger partial charge in [0.25, 0.3) is 0 Å². The Morgan fingerprint density at radius 2 is 2.14 bits per heavy atom. The normalized spacial score (nSPS) is 12.0. The molecule has 2 aromatic rings. The third kappa shape index (κ3) is 3.67. The second-order valence-corrected chi connectivity index (χ2v) is 7.47. The molecule has 21 heavy (non-hydrogen) atoms. The van der Waals surface area contributed by atoms with E-state index in [1.54, 1.807) is 0 Å². The third-order valence-corrected chi connectivity index (χ3v) is 4.95. The van der Waals surface area contributed by atoms with Crippen molar-refractivity contribution in [2.24, 2.45) is 0 Å². The van der Waals surface area contributed by atoms with E-state index in [9.17, 15) is 0 Å². The predicted octanol–water partition coefficient (Wildman–Crippen LogP) is 4.36. The average molecular weight is 327 g/mol. The average Bonchev–Trinajstić information content (AvgIpc) is 2.79. The van der Waals surface area contributed by atoms with Crippen molar-refractivity contribution in [3.63, 3.8) is 0 Å². The molecule has 0 aliphatic carbocycles. The SMILES string of the molecule is CCOc1cccc2c1nc(CCCl)n2CC(C)(C)SC. The van der Waals surface area contributed by atoms with Crippen LogP contribution in [0.3, 0.4) is 0 Å². The zero-order valence-corrected chi connectivity index (χ0v) is 14.7. The minimum Gasteiger partial charge on any atom is -0.492 e. The maximum atomic E-state index is 5.95. The molecule has 2 rings (SSSR count). The van der Waals surface area contributed by atoms with E-state index in [2.05, 4.69) is 30.7 Å². The van der Waals surface area contributed by atoms with Gasteiger partial charge in [0, 0.05) is 23.6 Å². The lowest BCUT2D eigenvalue weighted by atomic mass is 10.2. The number of hydrogen-bond donors (Lipinski definition) is 0. The molecule has 0 amide bonds. The molecule has 1 aromatic carbocycles. The van der Waals surface area contributed by atoms with E-state index in [0.717, 1.165) is 35.6 Å². The molecule has 0 radical (unpaired) electrons. The van der Waals surface area contributed by atoms with Gasteiger partial charge in [0.05, 0.1) is 12.1 Å². The van der Waals surface area contributed by atoms with Crippen LogP contribution in [0.2, 0.25) is 0 Å². The number of thioether (sulfide) groups is 1. The van der Waals surface area contributed by atoms with E-state index in [1.807, 2.05) is 30.8 Å². The van der Waals surface area contributed by atoms with E-state index in [0.29, 0.717) is 12.5 Å². The lowest BCUT2D eigenvalue weighted by Crippen LogP contribution is -2.23. The topological polar surface area (TPSA) is 27.1 Å². The first-order valence-electron chi connectivity index (χ1n) is 7.24. The van der Waals surface area contributed by atoms with Crippen molar-refractivity contribution < 1.29 is 4.74 Å². The van der Waals surface area contributed by atoms with Crippen LogP contribution < -0.4 is 4.74 Å². The minimum atomic E-state index is 0.149. The summed E-state index contributed by atoms with van der Waals surface area (Å²) in [4.78, 5) is 4.78. The highest BCUT2D eigenvalue weighted by Gasteiger charge is 2.21. The lowest BCUT2D eigenvalue weighted by Gasteiger charge is -2.24. The highest BCUT2D eigenvalue weighted by atomic mass is 35.5. The van der Waals surface area contributed by atoms with E-state index in [1.165, 1.54) is 0 Å². The molecule has 5 heteroatoms. The summed E-state index contributed by atoms with van der Waals surface area (Å²) in [7, 11) is 0. The van der Waals surface area contributed by atoms with Gasteiger partial charge in [-0.3, -0.25) is 0 Å². The van der Waals surface area contributed by atoms with Crippen LogP contribution in [0.5, 0.6) is 5.75 Å². The van der Waals surface area contributed by atoms with Crippen molar-refractivity contribution >= 4 is 34.4 Å². The van der Waals surface area contributed by atoms with E-state index >= 15 is 0 Å². The van der Waals surface area contributed by atoms with Crippen LogP contribution in [0.4, 0.5) is 0 Å². The Hall–Kier alpha value is -0.870. The first-order chi connectivity index (χ1) is 10.0. The summed E-state index contributed by atoms with van der Waals surface area (Å²) in [6.07, 6.45) is 2.91. The summed E-state index contributed by atoms with van der Waals surface area (Å²) in [5.74, 6) is 2.47. The number of aryl methyl sites for hydroxylation is 1. The minimum absolute atomic E-state index is 0.149. The molecular weight excluding hydrogens is 304 g/mol. The van der Waals surface area contributed by atoms with Gasteiger partial charge in [0.1, 0.15) is 17.1 Å². The number of alkyl halides is 1. The fourth-order valence-corrected chi connectivity index (χ4v) is 2.77. The van der Waals surface area contributed by atoms with Crippen LogP contribution in [0, 0.1) is 0 Å². The van der Waals surface area contributed by atoms with Crippen LogP contribution in [0.1, 0.15) is 26.6 Å². The summed E-state index contributed by atoms with van der Waals surface area (Å²) >= 11 is 7.81. The molecule has 0 bridgehead atoms. The first-order valence-corrected chi connectivity index (χ1v) is 9.00. The fraction of sp³-hybridized carbons (Fsp3) is 0.562. The Balaban J connectivity index is 2.55. The number of hydrogen-bond acceptors (Lipinski definition) is 3. The van der Waals surface area contributed by atoms with Crippen LogP contribution in [0.25, 0.3) is 11.0 Å². The van der Waals surface area contributed by atoms with E-state index in [4.69, 9.17) is 21.3 Å². The highest BCUT2D eigenvalue weighted by molar-refractivity contribution is 7.99. The van der Waals surface area contributed by atoms with Crippen LogP contribution in [-0.4, -0.2) is 33.0 Å². The van der Waals surface area contributed by atoms with Crippen molar-refractivity contribution in [3.8, 4) is 5.75 Å². The van der Waals surface area contributed by atoms with Crippen molar-refractivity contribution in [3.05, 3.63) is 24.0 Å². The number of benzene rings is 1. The molecule has 0 unspecified atom stereocenters. The van der Waals surface area contributed by atoms with Gasteiger partial charge in [-0.05, 0) is 39.2 Å². The maximum absolute atomic E-state index is 5.95. The molecule has 0 saturated heterocycles. The van der Waals surface area contributed by atoms with Crippen LogP contribution >= 0.6 is 23.4 Å². The Labute approximate surface area is 136 Å². The van der Waals surface area contributed by atoms with Crippen molar-refractivity contribution in [2.75, 3.05) is 18.7 Å². The predicted molar refractivity (Wildman–Crippen MR) is 92.9 cm³/mol. The standard InChI is InChI=1S/C16H23ClN2OS/c1-5-20-13-8-6-7-12-15(13)18-14(9-10-17)19(12)11-16(2,3)21-4/h6-8H,5,9-11H2,1-4H3. The molecule has 0 aliphatic heterocycles. The summed E-state index contributed by atoms with van der Waals surface area (Å²) in [5.41, 5.74) is 2.07. The summed E-state index contributed by atoms with van der Waals surface area (Å²) in [5, 5.41) is 0. The number of imidazole rings is 1. The summed E-state index contributed by atoms with van der Waals surface area (Å²) in [6.45, 7) is 8.05. The Kier molecular flexibility index (Phi) is 5.44. The first kappa shape index (κ1) is 16.5. The molecule has 0 spiro atoms. The van der Waals surface area contributed by atoms with Crippen LogP contribution in [0.15, 0.2) is 18.2 Å². The molecular formula is C16H23ClN2OS. The van der Waals surface area contributed by atoms with Crippen molar-refractivity contribution in [2.45, 2.75) is 38.5 Å². The number of fused-ring (bicyclic) bond motifs is 1. The van der Waals surface area contributed by atoms with Gasteiger partial charge in [-0.1, -0.05) is 6.07 Å². The summed E-state index contributed by atoms with van der Waals surface area (Å²) < 4.78 is 8.15. The molecule has 3 nitrogen and oxygen atoms in total. The second kappa shape index (κ2) is 6.93. The van der Waals surface area contributed by atoms with Gasteiger partial charge in [0.2, 0.25) is 0 Å². The largest absolute Gasteiger partial charge is 0.492 e. The Bertz CT molecular complexity index is 610. The number of para-hydroxylation sites is 1. The molecule has 116 valence electrons. The number of nitrogens with zero attached hydrogens (tertiary/aromatic N) is 2. The molecule has 0 atom stereocenters. The molecule has 0 fully saturated rings. The lowest BCUT2D eigenvalue weighted by molar-refractivity contribution is 0.343. The van der Waals surface area contributed by atoms with Crippen molar-refractivity contribution in [1.29, 1.82) is 0 Å².